The molecule has 2 unspecified atom stereocenters. The summed E-state index contributed by atoms with van der Waals surface area (Å²) in [6.07, 6.45) is 3.63. The molecule has 1 saturated heterocycles. The molecule has 2 N–H and O–H groups in total. The Morgan fingerprint density at radius 2 is 2.16 bits per heavy atom. The van der Waals surface area contributed by atoms with Crippen LogP contribution in [0.5, 0.6) is 0 Å². The van der Waals surface area contributed by atoms with Crippen LogP contribution in [0.4, 0.5) is 5.69 Å². The second-order valence-electron chi connectivity index (χ2n) is 5.50. The zero-order chi connectivity index (χ0) is 14.2. The van der Waals surface area contributed by atoms with Gasteiger partial charge in [0.05, 0.1) is 11.3 Å². The van der Waals surface area contributed by atoms with Crippen molar-refractivity contribution in [3.63, 3.8) is 0 Å². The average molecular weight is 277 g/mol. The van der Waals surface area contributed by atoms with Crippen molar-refractivity contribution < 1.29 is 0 Å². The number of rotatable bonds is 3. The van der Waals surface area contributed by atoms with Crippen molar-refractivity contribution in [2.24, 2.45) is 5.73 Å². The van der Waals surface area contributed by atoms with E-state index in [9.17, 15) is 0 Å². The molecule has 1 fully saturated rings. The molecule has 0 aromatic carbocycles. The van der Waals surface area contributed by atoms with Crippen LogP contribution in [0.3, 0.4) is 0 Å². The molecule has 0 saturated carbocycles. The zero-order valence-electron chi connectivity index (χ0n) is 12.2. The predicted molar refractivity (Wildman–Crippen MR) is 84.9 cm³/mol. The van der Waals surface area contributed by atoms with Gasteiger partial charge in [-0.2, -0.15) is 0 Å². The van der Waals surface area contributed by atoms with Gasteiger partial charge in [-0.25, -0.2) is 0 Å². The first-order valence-electron chi connectivity index (χ1n) is 7.02. The van der Waals surface area contributed by atoms with Crippen molar-refractivity contribution in [1.82, 2.24) is 4.98 Å². The Labute approximate surface area is 121 Å². The van der Waals surface area contributed by atoms with E-state index in [0.717, 1.165) is 23.4 Å². The number of hydrogen-bond acceptors (Lipinski definition) is 3. The highest BCUT2D eigenvalue weighted by atomic mass is 32.1. The Hall–Kier alpha value is -1.16. The molecule has 19 heavy (non-hydrogen) atoms. The predicted octanol–water partition coefficient (Wildman–Crippen LogP) is 3.10. The largest absolute Gasteiger partial charge is 0.389 e. The standard InChI is InChI=1S/C15H23N3S/c1-5-12-7-6-10(3)18(12)13-8-9(2)17-11(4)14(13)15(16)19/h8,10,12H,5-7H2,1-4H3,(H2,16,19). The molecule has 1 aliphatic heterocycles. The van der Waals surface area contributed by atoms with Crippen molar-refractivity contribution in [1.29, 1.82) is 0 Å². The van der Waals surface area contributed by atoms with Gasteiger partial charge in [0.25, 0.3) is 0 Å². The Balaban J connectivity index is 2.57. The van der Waals surface area contributed by atoms with E-state index >= 15 is 0 Å². The molecule has 1 aromatic heterocycles. The van der Waals surface area contributed by atoms with Gasteiger partial charge in [0, 0.05) is 23.5 Å². The van der Waals surface area contributed by atoms with Crippen LogP contribution in [0.15, 0.2) is 6.07 Å². The van der Waals surface area contributed by atoms with Crippen molar-refractivity contribution in [3.8, 4) is 0 Å². The van der Waals surface area contributed by atoms with Gasteiger partial charge in [-0.3, -0.25) is 4.98 Å². The molecular weight excluding hydrogens is 254 g/mol. The number of pyridine rings is 1. The van der Waals surface area contributed by atoms with Crippen molar-refractivity contribution in [3.05, 3.63) is 23.0 Å². The lowest BCUT2D eigenvalue weighted by Gasteiger charge is -2.32. The van der Waals surface area contributed by atoms with Crippen LogP contribution in [-0.2, 0) is 0 Å². The number of aryl methyl sites for hydroxylation is 2. The maximum Gasteiger partial charge on any atom is 0.107 e. The van der Waals surface area contributed by atoms with Gasteiger partial charge in [-0.15, -0.1) is 0 Å². The molecule has 1 aliphatic rings. The average Bonchev–Trinajstić information content (AvgIpc) is 2.68. The Morgan fingerprint density at radius 3 is 2.74 bits per heavy atom. The molecule has 0 aliphatic carbocycles. The minimum Gasteiger partial charge on any atom is -0.389 e. The lowest BCUT2D eigenvalue weighted by Crippen LogP contribution is -2.36. The molecule has 4 heteroatoms. The third-order valence-electron chi connectivity index (χ3n) is 4.09. The summed E-state index contributed by atoms with van der Waals surface area (Å²) >= 11 is 5.24. The highest BCUT2D eigenvalue weighted by Crippen LogP contribution is 2.35. The van der Waals surface area contributed by atoms with E-state index in [1.807, 2.05) is 13.8 Å². The van der Waals surface area contributed by atoms with E-state index in [2.05, 4.69) is 29.8 Å². The Kier molecular flexibility index (Phi) is 4.09. The van der Waals surface area contributed by atoms with Crippen LogP contribution in [0, 0.1) is 13.8 Å². The van der Waals surface area contributed by atoms with Crippen LogP contribution in [0.1, 0.15) is 50.1 Å². The third-order valence-corrected chi connectivity index (χ3v) is 4.29. The van der Waals surface area contributed by atoms with Crippen LogP contribution in [0.25, 0.3) is 0 Å². The summed E-state index contributed by atoms with van der Waals surface area (Å²) in [5.41, 5.74) is 10.0. The van der Waals surface area contributed by atoms with Crippen molar-refractivity contribution >= 4 is 22.9 Å². The molecule has 3 nitrogen and oxygen atoms in total. The van der Waals surface area contributed by atoms with Gasteiger partial charge in [-0.05, 0) is 46.1 Å². The van der Waals surface area contributed by atoms with E-state index in [1.165, 1.54) is 18.5 Å². The van der Waals surface area contributed by atoms with Crippen LogP contribution in [-0.4, -0.2) is 22.1 Å². The summed E-state index contributed by atoms with van der Waals surface area (Å²) in [5.74, 6) is 0. The quantitative estimate of drug-likeness (QED) is 0.862. The van der Waals surface area contributed by atoms with Crippen molar-refractivity contribution in [2.75, 3.05) is 4.90 Å². The highest BCUT2D eigenvalue weighted by Gasteiger charge is 2.31. The summed E-state index contributed by atoms with van der Waals surface area (Å²) in [6, 6.07) is 3.26. The fourth-order valence-corrected chi connectivity index (χ4v) is 3.48. The lowest BCUT2D eigenvalue weighted by molar-refractivity contribution is 0.627. The summed E-state index contributed by atoms with van der Waals surface area (Å²) < 4.78 is 0. The molecule has 1 aromatic rings. The SMILES string of the molecule is CCC1CCC(C)N1c1cc(C)nc(C)c1C(N)=S. The van der Waals surface area contributed by atoms with E-state index in [-0.39, 0.29) is 0 Å². The van der Waals surface area contributed by atoms with E-state index in [0.29, 0.717) is 17.1 Å². The number of anilines is 1. The van der Waals surface area contributed by atoms with Gasteiger partial charge >= 0.3 is 0 Å². The number of thiocarbonyl (C=S) groups is 1. The maximum atomic E-state index is 5.93. The first-order chi connectivity index (χ1) is 8.95. The lowest BCUT2D eigenvalue weighted by atomic mass is 10.1. The zero-order valence-corrected chi connectivity index (χ0v) is 13.0. The molecule has 0 bridgehead atoms. The second-order valence-corrected chi connectivity index (χ2v) is 5.94. The number of nitrogens with zero attached hydrogens (tertiary/aromatic N) is 2. The van der Waals surface area contributed by atoms with Crippen LogP contribution < -0.4 is 10.6 Å². The Morgan fingerprint density at radius 1 is 1.47 bits per heavy atom. The van der Waals surface area contributed by atoms with Gasteiger partial charge in [-0.1, -0.05) is 19.1 Å². The summed E-state index contributed by atoms with van der Waals surface area (Å²) in [6.45, 7) is 8.55. The number of hydrogen-bond donors (Lipinski definition) is 1. The maximum absolute atomic E-state index is 5.93. The van der Waals surface area contributed by atoms with Crippen molar-refractivity contribution in [2.45, 2.75) is 59.0 Å². The molecule has 2 atom stereocenters. The molecule has 104 valence electrons. The first-order valence-corrected chi connectivity index (χ1v) is 7.42. The minimum absolute atomic E-state index is 0.453. The first kappa shape index (κ1) is 14.3. The van der Waals surface area contributed by atoms with E-state index in [4.69, 9.17) is 18.0 Å². The molecule has 2 heterocycles. The Bertz CT molecular complexity index is 498. The number of aromatic nitrogens is 1. The van der Waals surface area contributed by atoms with Crippen LogP contribution >= 0.6 is 12.2 Å². The molecule has 0 radical (unpaired) electrons. The normalized spacial score (nSPS) is 22.8. The summed E-state index contributed by atoms with van der Waals surface area (Å²) in [4.78, 5) is 7.46. The smallest absolute Gasteiger partial charge is 0.107 e. The molecule has 0 spiro atoms. The van der Waals surface area contributed by atoms with Gasteiger partial charge in [0.15, 0.2) is 0 Å². The third kappa shape index (κ3) is 2.59. The number of nitrogens with two attached hydrogens (primary N) is 1. The van der Waals surface area contributed by atoms with Gasteiger partial charge in [0.2, 0.25) is 0 Å². The minimum atomic E-state index is 0.453. The second kappa shape index (κ2) is 5.45. The van der Waals surface area contributed by atoms with Gasteiger partial charge < -0.3 is 10.6 Å². The highest BCUT2D eigenvalue weighted by molar-refractivity contribution is 7.80. The summed E-state index contributed by atoms with van der Waals surface area (Å²) in [5, 5.41) is 0. The van der Waals surface area contributed by atoms with E-state index < -0.39 is 0 Å². The molecule has 2 rings (SSSR count). The fraction of sp³-hybridized carbons (Fsp3) is 0.600. The van der Waals surface area contributed by atoms with Gasteiger partial charge in [0.1, 0.15) is 4.99 Å². The van der Waals surface area contributed by atoms with Crippen LogP contribution in [0.2, 0.25) is 0 Å². The monoisotopic (exact) mass is 277 g/mol. The van der Waals surface area contributed by atoms with E-state index in [1.54, 1.807) is 0 Å². The fourth-order valence-electron chi connectivity index (χ4n) is 3.22. The molecule has 0 amide bonds. The summed E-state index contributed by atoms with van der Waals surface area (Å²) in [7, 11) is 0. The molecular formula is C15H23N3S. The topological polar surface area (TPSA) is 42.2 Å².